The van der Waals surface area contributed by atoms with Crippen LogP contribution in [0.3, 0.4) is 0 Å². The molecule has 0 aliphatic carbocycles. The van der Waals surface area contributed by atoms with E-state index >= 15 is 0 Å². The number of hydrogen-bond acceptors (Lipinski definition) is 7. The topological polar surface area (TPSA) is 89.9 Å². The number of hydrogen-bond donors (Lipinski definition) is 0. The van der Waals surface area contributed by atoms with Crippen LogP contribution in [0.25, 0.3) is 0 Å². The van der Waals surface area contributed by atoms with E-state index in [1.165, 1.54) is 5.38 Å². The molecule has 1 heterocycles. The smallest absolute Gasteiger partial charge is 0.350 e. The van der Waals surface area contributed by atoms with E-state index in [2.05, 4.69) is 4.40 Å². The lowest BCUT2D eigenvalue weighted by atomic mass is 10.4. The van der Waals surface area contributed by atoms with Crippen LogP contribution in [0, 0.1) is 0 Å². The van der Waals surface area contributed by atoms with Gasteiger partial charge in [-0.15, -0.1) is 23.1 Å². The first kappa shape index (κ1) is 15.9. The zero-order valence-electron chi connectivity index (χ0n) is 10.4. The Bertz CT molecular complexity index is 626. The maximum atomic E-state index is 11.8. The van der Waals surface area contributed by atoms with Crippen molar-refractivity contribution in [2.24, 2.45) is 4.40 Å². The summed E-state index contributed by atoms with van der Waals surface area (Å²) in [5.74, 6) is -0.750. The minimum atomic E-state index is -4.23. The summed E-state index contributed by atoms with van der Waals surface area (Å²) < 4.78 is 31.4. The zero-order chi connectivity index (χ0) is 14.6. The molecule has 9 heteroatoms. The summed E-state index contributed by atoms with van der Waals surface area (Å²) in [6.07, 6.45) is 2.26. The van der Waals surface area contributed by atoms with Crippen molar-refractivity contribution in [3.8, 4) is 0 Å². The van der Waals surface area contributed by atoms with Gasteiger partial charge < -0.3 is 4.74 Å². The van der Waals surface area contributed by atoms with Crippen LogP contribution in [0.2, 0.25) is 0 Å². The second-order valence-corrected chi connectivity index (χ2v) is 6.84. The summed E-state index contributed by atoms with van der Waals surface area (Å²) in [6, 6.07) is 0. The molecular weight excluding hydrogens is 310 g/mol. The van der Waals surface area contributed by atoms with Crippen LogP contribution in [-0.4, -0.2) is 32.8 Å². The Labute approximate surface area is 118 Å². The SMILES string of the molecule is CSc1csc(C(=O)OC(C)C)c1S(=O)(=O)N=C=O. The molecule has 0 saturated carbocycles. The first-order valence-corrected chi connectivity index (χ1v) is 8.58. The Balaban J connectivity index is 3.41. The average Bonchev–Trinajstić information content (AvgIpc) is 2.72. The third-order valence-electron chi connectivity index (χ3n) is 1.88. The molecule has 0 amide bonds. The van der Waals surface area contributed by atoms with Crippen LogP contribution in [0.15, 0.2) is 19.6 Å². The molecule has 104 valence electrons. The van der Waals surface area contributed by atoms with E-state index in [0.29, 0.717) is 4.90 Å². The van der Waals surface area contributed by atoms with E-state index in [9.17, 15) is 18.0 Å². The highest BCUT2D eigenvalue weighted by Crippen LogP contribution is 2.35. The Morgan fingerprint density at radius 1 is 1.53 bits per heavy atom. The van der Waals surface area contributed by atoms with Gasteiger partial charge in [0.1, 0.15) is 9.77 Å². The molecule has 0 saturated heterocycles. The second kappa shape index (κ2) is 6.33. The van der Waals surface area contributed by atoms with Gasteiger partial charge in [-0.2, -0.15) is 8.42 Å². The number of thiophene rings is 1. The van der Waals surface area contributed by atoms with E-state index in [1.807, 2.05) is 0 Å². The molecule has 1 rings (SSSR count). The second-order valence-electron chi connectivity index (χ2n) is 3.57. The van der Waals surface area contributed by atoms with Gasteiger partial charge in [-0.1, -0.05) is 4.40 Å². The Morgan fingerprint density at radius 2 is 2.16 bits per heavy atom. The number of carbonyl (C=O) groups is 1. The molecule has 0 spiro atoms. The van der Waals surface area contributed by atoms with Crippen molar-refractivity contribution in [2.45, 2.75) is 29.7 Å². The molecule has 19 heavy (non-hydrogen) atoms. The largest absolute Gasteiger partial charge is 0.459 e. The van der Waals surface area contributed by atoms with Gasteiger partial charge in [-0.05, 0) is 20.1 Å². The van der Waals surface area contributed by atoms with E-state index in [0.717, 1.165) is 29.2 Å². The lowest BCUT2D eigenvalue weighted by molar-refractivity contribution is 0.0379. The lowest BCUT2D eigenvalue weighted by Crippen LogP contribution is -2.13. The molecule has 0 aliphatic rings. The predicted octanol–water partition coefficient (Wildman–Crippen LogP) is 2.06. The normalized spacial score (nSPS) is 11.2. The number of thioether (sulfide) groups is 1. The third kappa shape index (κ3) is 3.66. The summed E-state index contributed by atoms with van der Waals surface area (Å²) in [6.45, 7) is 3.30. The van der Waals surface area contributed by atoms with Crippen molar-refractivity contribution in [3.63, 3.8) is 0 Å². The molecule has 0 bridgehead atoms. The molecular formula is C10H11NO5S3. The molecule has 0 radical (unpaired) electrons. The molecule has 0 N–H and O–H groups in total. The van der Waals surface area contributed by atoms with Crippen molar-refractivity contribution < 1.29 is 22.7 Å². The van der Waals surface area contributed by atoms with Gasteiger partial charge in [-0.25, -0.2) is 9.59 Å². The summed E-state index contributed by atoms with van der Waals surface area (Å²) >= 11 is 2.08. The van der Waals surface area contributed by atoms with E-state index in [-0.39, 0.29) is 15.9 Å². The van der Waals surface area contributed by atoms with Crippen LogP contribution in [0.1, 0.15) is 23.5 Å². The van der Waals surface area contributed by atoms with Crippen molar-refractivity contribution in [2.75, 3.05) is 6.26 Å². The van der Waals surface area contributed by atoms with Crippen molar-refractivity contribution in [1.82, 2.24) is 0 Å². The first-order valence-electron chi connectivity index (χ1n) is 5.04. The Hall–Kier alpha value is -1.15. The van der Waals surface area contributed by atoms with Gasteiger partial charge in [0.15, 0.2) is 0 Å². The lowest BCUT2D eigenvalue weighted by Gasteiger charge is -2.07. The first-order chi connectivity index (χ1) is 8.83. The van der Waals surface area contributed by atoms with E-state index < -0.39 is 16.0 Å². The molecule has 0 unspecified atom stereocenters. The number of esters is 1. The van der Waals surface area contributed by atoms with E-state index in [4.69, 9.17) is 4.74 Å². The zero-order valence-corrected chi connectivity index (χ0v) is 12.8. The molecule has 0 fully saturated rings. The van der Waals surface area contributed by atoms with E-state index in [1.54, 1.807) is 20.1 Å². The fraction of sp³-hybridized carbons (Fsp3) is 0.400. The van der Waals surface area contributed by atoms with Crippen LogP contribution >= 0.6 is 23.1 Å². The fourth-order valence-corrected chi connectivity index (χ4v) is 4.73. The number of nitrogens with zero attached hydrogens (tertiary/aromatic N) is 1. The highest BCUT2D eigenvalue weighted by Gasteiger charge is 2.29. The van der Waals surface area contributed by atoms with Crippen molar-refractivity contribution in [1.29, 1.82) is 0 Å². The average molecular weight is 321 g/mol. The van der Waals surface area contributed by atoms with Gasteiger partial charge in [-0.3, -0.25) is 0 Å². The van der Waals surface area contributed by atoms with Crippen molar-refractivity contribution in [3.05, 3.63) is 10.3 Å². The highest BCUT2D eigenvalue weighted by molar-refractivity contribution is 7.99. The number of carbonyl (C=O) groups excluding carboxylic acids is 2. The molecule has 1 aromatic rings. The summed E-state index contributed by atoms with van der Waals surface area (Å²) in [7, 11) is -4.23. The van der Waals surface area contributed by atoms with Gasteiger partial charge in [0.05, 0.1) is 6.10 Å². The van der Waals surface area contributed by atoms with Gasteiger partial charge in [0.25, 0.3) is 16.1 Å². The van der Waals surface area contributed by atoms with Crippen LogP contribution in [-0.2, 0) is 19.6 Å². The predicted molar refractivity (Wildman–Crippen MR) is 72.0 cm³/mol. The highest BCUT2D eigenvalue weighted by atomic mass is 32.2. The quantitative estimate of drug-likeness (QED) is 0.357. The maximum Gasteiger partial charge on any atom is 0.350 e. The maximum absolute atomic E-state index is 11.8. The number of ether oxygens (including phenoxy) is 1. The number of rotatable bonds is 5. The monoisotopic (exact) mass is 321 g/mol. The van der Waals surface area contributed by atoms with Crippen LogP contribution in [0.5, 0.6) is 0 Å². The third-order valence-corrected chi connectivity index (χ3v) is 5.26. The Kier molecular flexibility index (Phi) is 5.30. The summed E-state index contributed by atoms with van der Waals surface area (Å²) in [5.41, 5.74) is 0. The molecule has 1 aromatic heterocycles. The molecule has 0 atom stereocenters. The van der Waals surface area contributed by atoms with Crippen LogP contribution < -0.4 is 0 Å². The van der Waals surface area contributed by atoms with Crippen LogP contribution in [0.4, 0.5) is 0 Å². The minimum absolute atomic E-state index is 0.0861. The Morgan fingerprint density at radius 3 is 2.63 bits per heavy atom. The summed E-state index contributed by atoms with van der Waals surface area (Å²) in [4.78, 5) is 22.0. The summed E-state index contributed by atoms with van der Waals surface area (Å²) in [5, 5.41) is 1.51. The fourth-order valence-electron chi connectivity index (χ4n) is 1.22. The standard InChI is InChI=1S/C10H11NO5S3/c1-6(2)16-10(13)8-9(7(17-3)4-18-8)19(14,15)11-5-12/h4,6H,1-3H3. The molecule has 6 nitrogen and oxygen atoms in total. The van der Waals surface area contributed by atoms with Gasteiger partial charge >= 0.3 is 5.97 Å². The molecule has 0 aliphatic heterocycles. The minimum Gasteiger partial charge on any atom is -0.459 e. The molecule has 0 aromatic carbocycles. The van der Waals surface area contributed by atoms with Crippen molar-refractivity contribution >= 4 is 45.2 Å². The number of isocyanates is 1. The van der Waals surface area contributed by atoms with Gasteiger partial charge in [0.2, 0.25) is 0 Å². The van der Waals surface area contributed by atoms with Gasteiger partial charge in [0, 0.05) is 10.3 Å². The number of sulfonamides is 1.